The van der Waals surface area contributed by atoms with E-state index in [9.17, 15) is 22.8 Å². The van der Waals surface area contributed by atoms with Crippen LogP contribution < -0.4 is 14.8 Å². The first-order valence-corrected chi connectivity index (χ1v) is 15.4. The lowest BCUT2D eigenvalue weighted by Gasteiger charge is -2.21. The van der Waals surface area contributed by atoms with E-state index in [0.717, 1.165) is 21.8 Å². The lowest BCUT2D eigenvalue weighted by Crippen LogP contribution is -2.37. The van der Waals surface area contributed by atoms with Gasteiger partial charge in [0.25, 0.3) is 0 Å². The van der Waals surface area contributed by atoms with Crippen LogP contribution in [0.3, 0.4) is 0 Å². The first kappa shape index (κ1) is 30.8. The molecule has 3 aromatic carbocycles. The normalized spacial score (nSPS) is 12.9. The molecule has 13 heteroatoms. The maximum Gasteiger partial charge on any atom is 0.305 e. The molecular weight excluding hydrogens is 580 g/mol. The first-order chi connectivity index (χ1) is 20.1. The Morgan fingerprint density at radius 3 is 2.50 bits per heavy atom. The van der Waals surface area contributed by atoms with Gasteiger partial charge in [0, 0.05) is 24.4 Å². The molecular formula is C29H30N4O7S2. The molecule has 1 aromatic heterocycles. The number of aldehydes is 1. The van der Waals surface area contributed by atoms with E-state index in [1.807, 2.05) is 59.2 Å². The van der Waals surface area contributed by atoms with Crippen LogP contribution in [-0.2, 0) is 36.7 Å². The van der Waals surface area contributed by atoms with Gasteiger partial charge in [0.05, 0.1) is 30.0 Å². The molecule has 0 aliphatic rings. The van der Waals surface area contributed by atoms with Gasteiger partial charge in [-0.3, -0.25) is 9.59 Å². The van der Waals surface area contributed by atoms with Crippen molar-refractivity contribution in [3.63, 3.8) is 0 Å². The number of carboxylic acids is 1. The predicted octanol–water partition coefficient (Wildman–Crippen LogP) is 4.08. The first-order valence-electron chi connectivity index (χ1n) is 13.0. The fourth-order valence-electron chi connectivity index (χ4n) is 4.24. The summed E-state index contributed by atoms with van der Waals surface area (Å²) in [6.07, 6.45) is -1.09. The minimum absolute atomic E-state index is 0.0795. The molecule has 3 N–H and O–H groups in total. The number of amides is 1. The fraction of sp³-hybridized carbons (Fsp3) is 0.241. The Kier molecular flexibility index (Phi) is 9.99. The Morgan fingerprint density at radius 2 is 1.81 bits per heavy atom. The van der Waals surface area contributed by atoms with Crippen molar-refractivity contribution < 1.29 is 32.6 Å². The van der Waals surface area contributed by atoms with Crippen LogP contribution >= 0.6 is 11.8 Å². The summed E-state index contributed by atoms with van der Waals surface area (Å²) in [5, 5.41) is 12.4. The van der Waals surface area contributed by atoms with Gasteiger partial charge in [-0.15, -0.1) is 0 Å². The van der Waals surface area contributed by atoms with E-state index in [1.54, 1.807) is 18.7 Å². The van der Waals surface area contributed by atoms with Gasteiger partial charge in [-0.25, -0.2) is 18.1 Å². The molecule has 1 amide bonds. The molecule has 0 aliphatic heterocycles. The quantitative estimate of drug-likeness (QED) is 0.141. The number of rotatable bonds is 14. The van der Waals surface area contributed by atoms with E-state index in [0.29, 0.717) is 18.0 Å². The third kappa shape index (κ3) is 7.96. The van der Waals surface area contributed by atoms with Crippen LogP contribution in [0.1, 0.15) is 25.8 Å². The molecule has 0 radical (unpaired) electrons. The van der Waals surface area contributed by atoms with E-state index in [1.165, 1.54) is 25.1 Å². The molecule has 0 fully saturated rings. The highest BCUT2D eigenvalue weighted by Gasteiger charge is 2.26. The van der Waals surface area contributed by atoms with E-state index in [4.69, 9.17) is 14.8 Å². The van der Waals surface area contributed by atoms with Gasteiger partial charge in [0.2, 0.25) is 15.9 Å². The van der Waals surface area contributed by atoms with Crippen LogP contribution in [0.5, 0.6) is 5.75 Å². The summed E-state index contributed by atoms with van der Waals surface area (Å²) in [6, 6.07) is 20.2. The summed E-state index contributed by atoms with van der Waals surface area (Å²) in [5.41, 5.74) is 3.12. The SMILES string of the molecule is CC(=O)Nc1ccc(S(=O)(=O)NC(C=O)CC(=O)O)c(OC(C)Cn2c(SCc3ccccc3)nc3ccccc32)c1. The molecule has 42 heavy (non-hydrogen) atoms. The smallest absolute Gasteiger partial charge is 0.305 e. The Morgan fingerprint density at radius 1 is 1.10 bits per heavy atom. The number of hydrogen-bond acceptors (Lipinski definition) is 8. The number of ether oxygens (including phenoxy) is 1. The lowest BCUT2D eigenvalue weighted by atomic mass is 10.2. The van der Waals surface area contributed by atoms with E-state index < -0.39 is 34.6 Å². The van der Waals surface area contributed by atoms with Crippen molar-refractivity contribution in [2.75, 3.05) is 5.32 Å². The molecule has 0 bridgehead atoms. The summed E-state index contributed by atoms with van der Waals surface area (Å²) >= 11 is 1.57. The maximum atomic E-state index is 13.2. The van der Waals surface area contributed by atoms with Gasteiger partial charge in [0.15, 0.2) is 5.16 Å². The third-order valence-corrected chi connectivity index (χ3v) is 8.59. The second-order valence-corrected chi connectivity index (χ2v) is 12.1. The average molecular weight is 611 g/mol. The zero-order chi connectivity index (χ0) is 30.3. The number of carbonyl (C=O) groups excluding carboxylic acids is 2. The average Bonchev–Trinajstić information content (AvgIpc) is 3.28. The van der Waals surface area contributed by atoms with Crippen molar-refractivity contribution in [2.24, 2.45) is 0 Å². The summed E-state index contributed by atoms with van der Waals surface area (Å²) in [7, 11) is -4.39. The molecule has 11 nitrogen and oxygen atoms in total. The number of aromatic nitrogens is 2. The van der Waals surface area contributed by atoms with Gasteiger partial charge in [0.1, 0.15) is 23.0 Å². The van der Waals surface area contributed by atoms with Crippen LogP contribution in [0.25, 0.3) is 11.0 Å². The number of fused-ring (bicyclic) bond motifs is 1. The Hall–Kier alpha value is -4.20. The number of nitrogens with zero attached hydrogens (tertiary/aromatic N) is 2. The molecule has 4 rings (SSSR count). The van der Waals surface area contributed by atoms with Gasteiger partial charge >= 0.3 is 5.97 Å². The number of imidazole rings is 1. The highest BCUT2D eigenvalue weighted by atomic mass is 32.2. The Bertz CT molecular complexity index is 1690. The van der Waals surface area contributed by atoms with Gasteiger partial charge in [-0.05, 0) is 36.8 Å². The highest BCUT2D eigenvalue weighted by Crippen LogP contribution is 2.31. The fourth-order valence-corrected chi connectivity index (χ4v) is 6.51. The Labute approximate surface area is 247 Å². The van der Waals surface area contributed by atoms with Crippen molar-refractivity contribution in [1.82, 2.24) is 14.3 Å². The molecule has 2 atom stereocenters. The molecule has 1 heterocycles. The van der Waals surface area contributed by atoms with Gasteiger partial charge in [-0.2, -0.15) is 0 Å². The molecule has 220 valence electrons. The molecule has 4 aromatic rings. The van der Waals surface area contributed by atoms with Crippen molar-refractivity contribution in [2.45, 2.75) is 54.8 Å². The zero-order valence-electron chi connectivity index (χ0n) is 22.9. The van der Waals surface area contributed by atoms with Crippen molar-refractivity contribution >= 4 is 56.7 Å². The number of nitrogens with one attached hydrogen (secondary N) is 2. The molecule has 0 spiro atoms. The molecule has 0 aliphatic carbocycles. The van der Waals surface area contributed by atoms with Crippen LogP contribution in [0, 0.1) is 0 Å². The summed E-state index contributed by atoms with van der Waals surface area (Å²) in [6.45, 7) is 3.40. The predicted molar refractivity (Wildman–Crippen MR) is 159 cm³/mol. The Balaban J connectivity index is 1.63. The molecule has 0 saturated carbocycles. The van der Waals surface area contributed by atoms with Crippen molar-refractivity contribution in [3.05, 3.63) is 78.4 Å². The maximum absolute atomic E-state index is 13.2. The topological polar surface area (TPSA) is 157 Å². The number of carbonyl (C=O) groups is 3. The van der Waals surface area contributed by atoms with Crippen molar-refractivity contribution in [1.29, 1.82) is 0 Å². The number of anilines is 1. The number of para-hydroxylation sites is 2. The number of aliphatic carboxylic acids is 1. The summed E-state index contributed by atoms with van der Waals surface area (Å²) in [4.78, 5) is 38.6. The number of hydrogen-bond donors (Lipinski definition) is 3. The van der Waals surface area contributed by atoms with Gasteiger partial charge in [-0.1, -0.05) is 54.2 Å². The second-order valence-electron chi connectivity index (χ2n) is 9.50. The van der Waals surface area contributed by atoms with Crippen molar-refractivity contribution in [3.8, 4) is 5.75 Å². The summed E-state index contributed by atoms with van der Waals surface area (Å²) in [5.74, 6) is -1.09. The summed E-state index contributed by atoms with van der Waals surface area (Å²) < 4.78 is 36.7. The van der Waals surface area contributed by atoms with Crippen LogP contribution in [-0.4, -0.2) is 53.4 Å². The highest BCUT2D eigenvalue weighted by molar-refractivity contribution is 7.98. The molecule has 0 saturated heterocycles. The van der Waals surface area contributed by atoms with Gasteiger partial charge < -0.3 is 24.5 Å². The monoisotopic (exact) mass is 610 g/mol. The minimum Gasteiger partial charge on any atom is -0.487 e. The van der Waals surface area contributed by atoms with E-state index >= 15 is 0 Å². The third-order valence-electron chi connectivity index (χ3n) is 6.02. The van der Waals surface area contributed by atoms with Crippen LogP contribution in [0.2, 0.25) is 0 Å². The number of sulfonamides is 1. The standard InChI is InChI=1S/C29H30N4O7S2/c1-19(16-33-25-11-7-6-10-24(25)31-29(33)41-18-21-8-4-3-5-9-21)40-26-14-22(30-20(2)35)12-13-27(26)42(38,39)32-23(17-34)15-28(36)37/h3-14,17,19,23,32H,15-16,18H2,1-2H3,(H,30,35)(H,36,37). The number of carboxylic acid groups (broad SMARTS) is 1. The lowest BCUT2D eigenvalue weighted by molar-refractivity contribution is -0.138. The van der Waals surface area contributed by atoms with Crippen LogP contribution in [0.4, 0.5) is 5.69 Å². The van der Waals surface area contributed by atoms with E-state index in [2.05, 4.69) is 10.0 Å². The zero-order valence-corrected chi connectivity index (χ0v) is 24.5. The minimum atomic E-state index is -4.39. The second kappa shape index (κ2) is 13.6. The van der Waals surface area contributed by atoms with E-state index in [-0.39, 0.29) is 22.8 Å². The largest absolute Gasteiger partial charge is 0.487 e. The van der Waals surface area contributed by atoms with Crippen LogP contribution in [0.15, 0.2) is 82.8 Å². The number of benzene rings is 3. The number of thioether (sulfide) groups is 1. The molecule has 2 unspecified atom stereocenters.